The summed E-state index contributed by atoms with van der Waals surface area (Å²) in [6.45, 7) is 6.34. The molecule has 1 N–H and O–H groups in total. The lowest BCUT2D eigenvalue weighted by atomic mass is 9.84. The monoisotopic (exact) mass is 183 g/mol. The first-order chi connectivity index (χ1) is 6.06. The molecule has 0 fully saturated rings. The first kappa shape index (κ1) is 10.2. The van der Waals surface area contributed by atoms with Gasteiger partial charge in [0.15, 0.2) is 0 Å². The molecule has 0 saturated carbocycles. The van der Waals surface area contributed by atoms with Crippen LogP contribution in [0.2, 0.25) is 0 Å². The van der Waals surface area contributed by atoms with Crippen LogP contribution in [0.4, 0.5) is 0 Å². The summed E-state index contributed by atoms with van der Waals surface area (Å²) < 4.78 is 5.23. The number of rotatable bonds is 4. The van der Waals surface area contributed by atoms with Gasteiger partial charge in [-0.2, -0.15) is 0 Å². The van der Waals surface area contributed by atoms with Crippen LogP contribution < -0.4 is 0 Å². The first-order valence-corrected chi connectivity index (χ1v) is 4.46. The number of aromatic nitrogens is 3. The van der Waals surface area contributed by atoms with Gasteiger partial charge in [-0.3, -0.25) is 5.10 Å². The third kappa shape index (κ3) is 2.52. The van der Waals surface area contributed by atoms with Crippen molar-refractivity contribution in [1.82, 2.24) is 15.4 Å². The van der Waals surface area contributed by atoms with Gasteiger partial charge in [0.05, 0.1) is 11.8 Å². The lowest BCUT2D eigenvalue weighted by Gasteiger charge is -2.24. The number of H-pyrrole nitrogens is 1. The topological polar surface area (TPSA) is 50.8 Å². The maximum Gasteiger partial charge on any atom is 0.0881 e. The van der Waals surface area contributed by atoms with Gasteiger partial charge in [-0.25, -0.2) is 0 Å². The summed E-state index contributed by atoms with van der Waals surface area (Å²) in [4.78, 5) is 0. The highest BCUT2D eigenvalue weighted by atomic mass is 16.5. The SMILES string of the molecule is COC(C)CC(C)(C)c1c[nH]nn1. The van der Waals surface area contributed by atoms with Gasteiger partial charge in [-0.15, -0.1) is 5.10 Å². The largest absolute Gasteiger partial charge is 0.382 e. The minimum absolute atomic E-state index is 0.0163. The van der Waals surface area contributed by atoms with Gasteiger partial charge in [-0.1, -0.05) is 19.1 Å². The van der Waals surface area contributed by atoms with Crippen molar-refractivity contribution >= 4 is 0 Å². The van der Waals surface area contributed by atoms with Crippen LogP contribution in [-0.2, 0) is 10.2 Å². The van der Waals surface area contributed by atoms with Crippen LogP contribution in [0.1, 0.15) is 32.9 Å². The Bertz CT molecular complexity index is 243. The zero-order valence-corrected chi connectivity index (χ0v) is 8.66. The Morgan fingerprint density at radius 2 is 2.31 bits per heavy atom. The van der Waals surface area contributed by atoms with Crippen molar-refractivity contribution in [3.63, 3.8) is 0 Å². The number of ether oxygens (including phenoxy) is 1. The minimum Gasteiger partial charge on any atom is -0.382 e. The summed E-state index contributed by atoms with van der Waals surface area (Å²) in [6, 6.07) is 0. The number of hydrogen-bond acceptors (Lipinski definition) is 3. The zero-order valence-electron chi connectivity index (χ0n) is 8.66. The normalized spacial score (nSPS) is 14.5. The molecular weight excluding hydrogens is 166 g/mol. The van der Waals surface area contributed by atoms with Gasteiger partial charge in [0.1, 0.15) is 0 Å². The van der Waals surface area contributed by atoms with E-state index >= 15 is 0 Å². The zero-order chi connectivity index (χ0) is 9.90. The Morgan fingerprint density at radius 1 is 1.62 bits per heavy atom. The molecule has 0 radical (unpaired) electrons. The molecule has 1 aromatic heterocycles. The molecule has 1 aromatic rings. The highest BCUT2D eigenvalue weighted by molar-refractivity contribution is 5.08. The quantitative estimate of drug-likeness (QED) is 0.769. The summed E-state index contributed by atoms with van der Waals surface area (Å²) in [5.41, 5.74) is 0.999. The Balaban J connectivity index is 2.66. The molecule has 4 heteroatoms. The van der Waals surface area contributed by atoms with Crippen molar-refractivity contribution in [3.8, 4) is 0 Å². The molecule has 0 aliphatic rings. The molecule has 0 aliphatic heterocycles. The van der Waals surface area contributed by atoms with Crippen molar-refractivity contribution in [2.24, 2.45) is 0 Å². The highest BCUT2D eigenvalue weighted by Crippen LogP contribution is 2.26. The number of nitrogens with one attached hydrogen (secondary N) is 1. The van der Waals surface area contributed by atoms with Gasteiger partial charge in [0, 0.05) is 18.7 Å². The molecule has 1 rings (SSSR count). The average molecular weight is 183 g/mol. The van der Waals surface area contributed by atoms with E-state index in [2.05, 4.69) is 36.2 Å². The van der Waals surface area contributed by atoms with E-state index in [0.717, 1.165) is 12.1 Å². The second-order valence-electron chi connectivity index (χ2n) is 3.99. The van der Waals surface area contributed by atoms with Crippen LogP contribution >= 0.6 is 0 Å². The smallest absolute Gasteiger partial charge is 0.0881 e. The first-order valence-electron chi connectivity index (χ1n) is 4.46. The second kappa shape index (κ2) is 3.87. The van der Waals surface area contributed by atoms with Gasteiger partial charge >= 0.3 is 0 Å². The molecule has 1 unspecified atom stereocenters. The number of aromatic amines is 1. The average Bonchev–Trinajstić information content (AvgIpc) is 2.55. The summed E-state index contributed by atoms with van der Waals surface area (Å²) >= 11 is 0. The van der Waals surface area contributed by atoms with Gasteiger partial charge in [-0.05, 0) is 13.3 Å². The maximum absolute atomic E-state index is 5.23. The molecule has 0 spiro atoms. The molecule has 0 aliphatic carbocycles. The molecule has 1 heterocycles. The number of hydrogen-bond donors (Lipinski definition) is 1. The molecule has 1 atom stereocenters. The standard InChI is InChI=1S/C9H17N3O/c1-7(13-4)5-9(2,3)8-6-10-12-11-8/h6-7H,5H2,1-4H3,(H,10,11,12). The van der Waals surface area contributed by atoms with E-state index in [4.69, 9.17) is 4.74 Å². The third-order valence-electron chi connectivity index (χ3n) is 2.31. The summed E-state index contributed by atoms with van der Waals surface area (Å²) in [5.74, 6) is 0. The lowest BCUT2D eigenvalue weighted by Crippen LogP contribution is -2.24. The summed E-state index contributed by atoms with van der Waals surface area (Å²) in [6.07, 6.45) is 3.02. The van der Waals surface area contributed by atoms with Crippen molar-refractivity contribution < 1.29 is 4.74 Å². The molecule has 4 nitrogen and oxygen atoms in total. The van der Waals surface area contributed by atoms with Crippen molar-refractivity contribution in [1.29, 1.82) is 0 Å². The fourth-order valence-corrected chi connectivity index (χ4v) is 1.44. The third-order valence-corrected chi connectivity index (χ3v) is 2.31. The van der Waals surface area contributed by atoms with Crippen LogP contribution in [-0.4, -0.2) is 28.6 Å². The maximum atomic E-state index is 5.23. The van der Waals surface area contributed by atoms with E-state index in [1.54, 1.807) is 7.11 Å². The molecule has 74 valence electrons. The molecule has 0 amide bonds. The van der Waals surface area contributed by atoms with Gasteiger partial charge in [0.25, 0.3) is 0 Å². The molecule has 13 heavy (non-hydrogen) atoms. The summed E-state index contributed by atoms with van der Waals surface area (Å²) in [7, 11) is 1.73. The molecule has 0 saturated heterocycles. The molecular formula is C9H17N3O. The fourth-order valence-electron chi connectivity index (χ4n) is 1.44. The molecule has 0 aromatic carbocycles. The number of methoxy groups -OCH3 is 1. The minimum atomic E-state index is 0.0163. The Morgan fingerprint density at radius 3 is 2.77 bits per heavy atom. The van der Waals surface area contributed by atoms with Crippen molar-refractivity contribution in [2.75, 3.05) is 7.11 Å². The van der Waals surface area contributed by atoms with Gasteiger partial charge < -0.3 is 4.74 Å². The van der Waals surface area contributed by atoms with Crippen LogP contribution in [0, 0.1) is 0 Å². The number of nitrogens with zero attached hydrogens (tertiary/aromatic N) is 2. The second-order valence-corrected chi connectivity index (χ2v) is 3.99. The lowest BCUT2D eigenvalue weighted by molar-refractivity contribution is 0.0920. The van der Waals surface area contributed by atoms with E-state index in [-0.39, 0.29) is 11.5 Å². The summed E-state index contributed by atoms with van der Waals surface area (Å²) in [5, 5.41) is 10.4. The fraction of sp³-hybridized carbons (Fsp3) is 0.778. The van der Waals surface area contributed by atoms with Gasteiger partial charge in [0.2, 0.25) is 0 Å². The van der Waals surface area contributed by atoms with E-state index in [9.17, 15) is 0 Å². The van der Waals surface area contributed by atoms with E-state index in [1.165, 1.54) is 0 Å². The highest BCUT2D eigenvalue weighted by Gasteiger charge is 2.25. The van der Waals surface area contributed by atoms with Crippen molar-refractivity contribution in [3.05, 3.63) is 11.9 Å². The van der Waals surface area contributed by atoms with E-state index < -0.39 is 0 Å². The van der Waals surface area contributed by atoms with Crippen LogP contribution in [0.5, 0.6) is 0 Å². The van der Waals surface area contributed by atoms with Crippen molar-refractivity contribution in [2.45, 2.75) is 38.7 Å². The van der Waals surface area contributed by atoms with Crippen LogP contribution in [0.3, 0.4) is 0 Å². The predicted molar refractivity (Wildman–Crippen MR) is 50.5 cm³/mol. The van der Waals surface area contributed by atoms with Crippen LogP contribution in [0.25, 0.3) is 0 Å². The van der Waals surface area contributed by atoms with Crippen LogP contribution in [0.15, 0.2) is 6.20 Å². The predicted octanol–water partition coefficient (Wildman–Crippen LogP) is 1.51. The van der Waals surface area contributed by atoms with E-state index in [0.29, 0.717) is 0 Å². The molecule has 0 bridgehead atoms. The Hall–Kier alpha value is -0.900. The van der Waals surface area contributed by atoms with E-state index in [1.807, 2.05) is 6.20 Å². The Labute approximate surface area is 78.7 Å². The Kier molecular flexibility index (Phi) is 3.03.